The average molecular weight is 613 g/mol. The van der Waals surface area contributed by atoms with Gasteiger partial charge in [0, 0.05) is 20.2 Å². The molecule has 0 saturated heterocycles. The van der Waals surface area contributed by atoms with Crippen molar-refractivity contribution in [2.24, 2.45) is 0 Å². The first-order valence-corrected chi connectivity index (χ1v) is 13.7. The van der Waals surface area contributed by atoms with Crippen molar-refractivity contribution >= 4 is 35.0 Å². The van der Waals surface area contributed by atoms with Crippen molar-refractivity contribution in [3.63, 3.8) is 0 Å². The highest BCUT2D eigenvalue weighted by atomic mass is 35.5. The lowest BCUT2D eigenvalue weighted by atomic mass is 10.1. The van der Waals surface area contributed by atoms with Crippen LogP contribution in [0.4, 0.5) is 5.82 Å². The minimum Gasteiger partial charge on any atom is -0.497 e. The molecule has 9 nitrogen and oxygen atoms in total. The van der Waals surface area contributed by atoms with E-state index in [1.165, 1.54) is 18.0 Å². The molecular weight excluding hydrogens is 581 g/mol. The van der Waals surface area contributed by atoms with Gasteiger partial charge in [-0.15, -0.1) is 0 Å². The number of nitrogens with zero attached hydrogens (tertiary/aromatic N) is 3. The van der Waals surface area contributed by atoms with E-state index >= 15 is 0 Å². The molecule has 0 atom stereocenters. The van der Waals surface area contributed by atoms with Crippen molar-refractivity contribution in [1.82, 2.24) is 9.55 Å². The highest BCUT2D eigenvalue weighted by Gasteiger charge is 2.26. The summed E-state index contributed by atoms with van der Waals surface area (Å²) >= 11 is 13.2. The van der Waals surface area contributed by atoms with E-state index in [0.717, 1.165) is 16.7 Å². The van der Waals surface area contributed by atoms with Crippen molar-refractivity contribution < 1.29 is 23.7 Å². The van der Waals surface area contributed by atoms with Crippen molar-refractivity contribution in [3.05, 3.63) is 110 Å². The summed E-state index contributed by atoms with van der Waals surface area (Å²) in [5.74, 6) is 0.728. The van der Waals surface area contributed by atoms with Crippen molar-refractivity contribution in [3.8, 4) is 17.2 Å². The topological polar surface area (TPSA) is 92.1 Å². The fourth-order valence-corrected chi connectivity index (χ4v) is 5.16. The number of aromatic nitrogens is 2. The Balaban J connectivity index is 1.83. The van der Waals surface area contributed by atoms with E-state index < -0.39 is 11.5 Å². The summed E-state index contributed by atoms with van der Waals surface area (Å²) in [6.45, 7) is 1.13. The van der Waals surface area contributed by atoms with E-state index in [1.807, 2.05) is 53.4 Å². The van der Waals surface area contributed by atoms with Gasteiger partial charge in [-0.2, -0.15) is 0 Å². The first-order valence-electron chi connectivity index (χ1n) is 13.0. The molecule has 220 valence electrons. The largest absolute Gasteiger partial charge is 0.497 e. The Hall–Kier alpha value is -4.05. The molecule has 1 heterocycles. The third-order valence-corrected chi connectivity index (χ3v) is 7.19. The second-order valence-electron chi connectivity index (χ2n) is 9.31. The zero-order valence-electron chi connectivity index (χ0n) is 23.7. The summed E-state index contributed by atoms with van der Waals surface area (Å²) < 4.78 is 21.9. The summed E-state index contributed by atoms with van der Waals surface area (Å²) in [7, 11) is 6.01. The van der Waals surface area contributed by atoms with Gasteiger partial charge in [-0.1, -0.05) is 47.5 Å². The molecule has 0 N–H and O–H groups in total. The number of hydrogen-bond acceptors (Lipinski definition) is 8. The summed E-state index contributed by atoms with van der Waals surface area (Å²) in [5, 5.41) is 0.462. The lowest BCUT2D eigenvalue weighted by molar-refractivity contribution is 0.0598. The molecule has 3 aromatic carbocycles. The number of hydrogen-bond donors (Lipinski definition) is 0. The van der Waals surface area contributed by atoms with Gasteiger partial charge in [-0.05, 0) is 59.5 Å². The van der Waals surface area contributed by atoms with Gasteiger partial charge in [-0.25, -0.2) is 9.78 Å². The molecule has 0 saturated carbocycles. The first-order chi connectivity index (χ1) is 20.3. The monoisotopic (exact) mass is 611 g/mol. The molecule has 0 bridgehead atoms. The maximum Gasteiger partial charge on any atom is 0.347 e. The molecule has 0 radical (unpaired) electrons. The van der Waals surface area contributed by atoms with Crippen LogP contribution in [0.3, 0.4) is 0 Å². The summed E-state index contributed by atoms with van der Waals surface area (Å²) in [4.78, 5) is 33.5. The van der Waals surface area contributed by atoms with Gasteiger partial charge in [0.15, 0.2) is 11.4 Å². The molecule has 0 aliphatic heterocycles. The first kappa shape index (κ1) is 30.9. The van der Waals surface area contributed by atoms with Crippen LogP contribution in [0.15, 0.2) is 71.8 Å². The Bertz CT molecular complexity index is 1520. The molecule has 1 aromatic heterocycles. The quantitative estimate of drug-likeness (QED) is 0.187. The number of carbonyl (C=O) groups excluding carboxylic acids is 1. The third-order valence-electron chi connectivity index (χ3n) is 6.62. The van der Waals surface area contributed by atoms with E-state index in [2.05, 4.69) is 4.98 Å². The Labute approximate surface area is 254 Å². The number of carbonyl (C=O) groups is 1. The number of esters is 1. The highest BCUT2D eigenvalue weighted by Crippen LogP contribution is 2.31. The zero-order chi connectivity index (χ0) is 30.2. The maximum atomic E-state index is 14.0. The molecule has 11 heteroatoms. The lowest BCUT2D eigenvalue weighted by Gasteiger charge is -2.26. The van der Waals surface area contributed by atoms with E-state index in [9.17, 15) is 9.59 Å². The van der Waals surface area contributed by atoms with E-state index in [-0.39, 0.29) is 27.1 Å². The van der Waals surface area contributed by atoms with Crippen LogP contribution >= 0.6 is 23.2 Å². The second-order valence-corrected chi connectivity index (χ2v) is 10.1. The van der Waals surface area contributed by atoms with Crippen LogP contribution in [0.25, 0.3) is 5.69 Å². The number of methoxy groups -OCH3 is 4. The number of rotatable bonds is 12. The smallest absolute Gasteiger partial charge is 0.347 e. The highest BCUT2D eigenvalue weighted by molar-refractivity contribution is 6.37. The minimum absolute atomic E-state index is 0.152. The SMILES string of the molecule is COCCc1cc(Cl)c(-n2cnc(N(Cc3ccc(OC)cc3)Cc3ccc(OC)cc3)c(C(=O)OC)c2=O)c(Cl)c1. The van der Waals surface area contributed by atoms with Gasteiger partial charge in [0.05, 0.1) is 43.7 Å². The fourth-order valence-electron chi connectivity index (χ4n) is 4.45. The summed E-state index contributed by atoms with van der Waals surface area (Å²) in [6, 6.07) is 18.4. The molecule has 42 heavy (non-hydrogen) atoms. The molecule has 0 spiro atoms. The Kier molecular flexibility index (Phi) is 10.5. The Morgan fingerprint density at radius 2 is 1.36 bits per heavy atom. The van der Waals surface area contributed by atoms with Gasteiger partial charge >= 0.3 is 5.97 Å². The number of halogens is 2. The Morgan fingerprint density at radius 1 is 0.833 bits per heavy atom. The molecule has 0 amide bonds. The lowest BCUT2D eigenvalue weighted by Crippen LogP contribution is -2.33. The van der Waals surface area contributed by atoms with E-state index in [0.29, 0.717) is 37.6 Å². The average Bonchev–Trinajstić information content (AvgIpc) is 3.00. The zero-order valence-corrected chi connectivity index (χ0v) is 25.2. The van der Waals surface area contributed by atoms with Crippen LogP contribution in [-0.2, 0) is 29.0 Å². The van der Waals surface area contributed by atoms with E-state index in [1.54, 1.807) is 33.5 Å². The van der Waals surface area contributed by atoms with Gasteiger partial charge in [0.2, 0.25) is 0 Å². The van der Waals surface area contributed by atoms with Crippen molar-refractivity contribution in [1.29, 1.82) is 0 Å². The maximum absolute atomic E-state index is 14.0. The van der Waals surface area contributed by atoms with Crippen LogP contribution in [0.2, 0.25) is 10.0 Å². The van der Waals surface area contributed by atoms with Crippen LogP contribution < -0.4 is 19.9 Å². The summed E-state index contributed by atoms with van der Waals surface area (Å²) in [5.41, 5.74) is 1.94. The van der Waals surface area contributed by atoms with Crippen LogP contribution in [-0.4, -0.2) is 50.6 Å². The van der Waals surface area contributed by atoms with Crippen molar-refractivity contribution in [2.45, 2.75) is 19.5 Å². The second kappa shape index (κ2) is 14.2. The number of benzene rings is 3. The molecule has 4 rings (SSSR count). The number of anilines is 1. The van der Waals surface area contributed by atoms with Crippen LogP contribution in [0.5, 0.6) is 11.5 Å². The molecular formula is C31H31Cl2N3O6. The van der Waals surface area contributed by atoms with Crippen molar-refractivity contribution in [2.75, 3.05) is 39.9 Å². The van der Waals surface area contributed by atoms with E-state index in [4.69, 9.17) is 42.1 Å². The van der Waals surface area contributed by atoms with Crippen LogP contribution in [0, 0.1) is 0 Å². The van der Waals surface area contributed by atoms with Crippen LogP contribution in [0.1, 0.15) is 27.0 Å². The third kappa shape index (κ3) is 7.05. The summed E-state index contributed by atoms with van der Waals surface area (Å²) in [6.07, 6.45) is 1.91. The molecule has 4 aromatic rings. The molecule has 0 aliphatic rings. The molecule has 0 fully saturated rings. The minimum atomic E-state index is -0.838. The van der Waals surface area contributed by atoms with Gasteiger partial charge in [0.1, 0.15) is 17.8 Å². The molecule has 0 unspecified atom stereocenters. The van der Waals surface area contributed by atoms with Gasteiger partial charge in [-0.3, -0.25) is 9.36 Å². The fraction of sp³-hybridized carbons (Fsp3) is 0.258. The predicted octanol–water partition coefficient (Wildman–Crippen LogP) is 5.74. The predicted molar refractivity (Wildman–Crippen MR) is 163 cm³/mol. The molecule has 0 aliphatic carbocycles. The number of ether oxygens (including phenoxy) is 4. The standard InChI is InChI=1S/C31H31Cl2N3O6/c1-39-14-13-22-15-25(32)28(26(33)16-22)36-19-34-29(27(30(36)37)31(38)42-4)35(17-20-5-9-23(40-2)10-6-20)18-21-7-11-24(41-3)12-8-21/h5-12,15-16,19H,13-14,17-18H2,1-4H3. The van der Waals surface area contributed by atoms with Gasteiger partial charge in [0.25, 0.3) is 5.56 Å². The van der Waals surface area contributed by atoms with Gasteiger partial charge < -0.3 is 23.8 Å². The Morgan fingerprint density at radius 3 is 1.81 bits per heavy atom. The normalized spacial score (nSPS) is 10.8.